The van der Waals surface area contributed by atoms with Gasteiger partial charge in [0.15, 0.2) is 0 Å². The molecule has 0 bridgehead atoms. The Morgan fingerprint density at radius 3 is 2.59 bits per heavy atom. The predicted octanol–water partition coefficient (Wildman–Crippen LogP) is 2.64. The maximum Gasteiger partial charge on any atom is 0.0263 e. The van der Waals surface area contributed by atoms with Crippen molar-refractivity contribution in [2.24, 2.45) is 11.8 Å². The molecule has 2 nitrogen and oxygen atoms in total. The van der Waals surface area contributed by atoms with Crippen LogP contribution in [0, 0.1) is 11.8 Å². The van der Waals surface area contributed by atoms with E-state index in [9.17, 15) is 0 Å². The van der Waals surface area contributed by atoms with Crippen LogP contribution in [0.4, 0.5) is 0 Å². The third kappa shape index (κ3) is 2.26. The van der Waals surface area contributed by atoms with Crippen molar-refractivity contribution >= 4 is 0 Å². The fraction of sp³-hybridized carbons (Fsp3) is 1.00. The van der Waals surface area contributed by atoms with Crippen LogP contribution in [0.1, 0.15) is 51.9 Å². The lowest BCUT2D eigenvalue weighted by Crippen LogP contribution is -2.46. The van der Waals surface area contributed by atoms with Crippen molar-refractivity contribution < 1.29 is 0 Å². The molecule has 0 amide bonds. The zero-order chi connectivity index (χ0) is 11.7. The molecule has 0 spiro atoms. The summed E-state index contributed by atoms with van der Waals surface area (Å²) >= 11 is 0. The number of hydrogen-bond acceptors (Lipinski definition) is 2. The normalized spacial score (nSPS) is 40.4. The molecule has 1 aliphatic carbocycles. The van der Waals surface area contributed by atoms with Crippen LogP contribution in [0.15, 0.2) is 0 Å². The number of nitrogens with one attached hydrogen (secondary N) is 1. The first-order valence-corrected chi connectivity index (χ1v) is 7.86. The van der Waals surface area contributed by atoms with Crippen LogP contribution in [-0.4, -0.2) is 36.6 Å². The van der Waals surface area contributed by atoms with Crippen molar-refractivity contribution in [2.75, 3.05) is 19.6 Å². The first-order chi connectivity index (χ1) is 8.40. The van der Waals surface area contributed by atoms with Gasteiger partial charge in [-0.2, -0.15) is 0 Å². The highest BCUT2D eigenvalue weighted by Crippen LogP contribution is 2.38. The van der Waals surface area contributed by atoms with E-state index >= 15 is 0 Å². The van der Waals surface area contributed by atoms with E-state index in [-0.39, 0.29) is 0 Å². The van der Waals surface area contributed by atoms with Crippen LogP contribution in [0.5, 0.6) is 0 Å². The largest absolute Gasteiger partial charge is 0.315 e. The minimum absolute atomic E-state index is 0.855. The van der Waals surface area contributed by atoms with Gasteiger partial charge in [0.05, 0.1) is 0 Å². The van der Waals surface area contributed by atoms with Crippen molar-refractivity contribution in [1.82, 2.24) is 10.2 Å². The molecule has 98 valence electrons. The lowest BCUT2D eigenvalue weighted by Gasteiger charge is -2.36. The Morgan fingerprint density at radius 2 is 1.82 bits per heavy atom. The van der Waals surface area contributed by atoms with Crippen molar-refractivity contribution in [3.8, 4) is 0 Å². The van der Waals surface area contributed by atoms with Crippen molar-refractivity contribution in [2.45, 2.75) is 64.0 Å². The van der Waals surface area contributed by atoms with Crippen molar-refractivity contribution in [3.05, 3.63) is 0 Å². The molecule has 3 unspecified atom stereocenters. The second-order valence-electron chi connectivity index (χ2n) is 6.39. The summed E-state index contributed by atoms with van der Waals surface area (Å²) in [5, 5.41) is 3.62. The zero-order valence-electron chi connectivity index (χ0n) is 11.3. The molecule has 2 aliphatic heterocycles. The van der Waals surface area contributed by atoms with E-state index in [0.29, 0.717) is 0 Å². The van der Waals surface area contributed by atoms with E-state index < -0.39 is 0 Å². The highest BCUT2D eigenvalue weighted by Gasteiger charge is 2.40. The first-order valence-electron chi connectivity index (χ1n) is 7.86. The quantitative estimate of drug-likeness (QED) is 0.810. The summed E-state index contributed by atoms with van der Waals surface area (Å²) in [4.78, 5) is 2.91. The molecular weight excluding hydrogens is 208 g/mol. The number of likely N-dealkylation sites (tertiary alicyclic amines) is 1. The molecule has 0 radical (unpaired) electrons. The minimum atomic E-state index is 0.855. The summed E-state index contributed by atoms with van der Waals surface area (Å²) in [5.41, 5.74) is 0. The van der Waals surface area contributed by atoms with E-state index in [2.05, 4.69) is 17.1 Å². The molecule has 1 saturated carbocycles. The Labute approximate surface area is 106 Å². The van der Waals surface area contributed by atoms with Gasteiger partial charge in [-0.05, 0) is 50.6 Å². The second-order valence-corrected chi connectivity index (χ2v) is 6.39. The van der Waals surface area contributed by atoms with Gasteiger partial charge in [0.1, 0.15) is 0 Å². The Kier molecular flexibility index (Phi) is 3.72. The molecule has 2 heterocycles. The summed E-state index contributed by atoms with van der Waals surface area (Å²) < 4.78 is 0. The van der Waals surface area contributed by atoms with Gasteiger partial charge in [0, 0.05) is 18.6 Å². The third-order valence-electron chi connectivity index (χ3n) is 5.54. The standard InChI is InChI=1S/C15H28N2/c1-2-12-10-16-11-15(12)17-9-5-8-14(17)13-6-3-4-7-13/h12-16H,2-11H2,1H3. The predicted molar refractivity (Wildman–Crippen MR) is 72.1 cm³/mol. The van der Waals surface area contributed by atoms with Gasteiger partial charge in [-0.1, -0.05) is 26.2 Å². The van der Waals surface area contributed by atoms with Gasteiger partial charge in [-0.25, -0.2) is 0 Å². The highest BCUT2D eigenvalue weighted by atomic mass is 15.2. The van der Waals surface area contributed by atoms with Crippen LogP contribution in [-0.2, 0) is 0 Å². The summed E-state index contributed by atoms with van der Waals surface area (Å²) in [6.45, 7) is 6.26. The second kappa shape index (κ2) is 5.27. The first kappa shape index (κ1) is 12.0. The fourth-order valence-electron chi connectivity index (χ4n) is 4.60. The molecule has 0 aromatic rings. The van der Waals surface area contributed by atoms with Crippen LogP contribution >= 0.6 is 0 Å². The van der Waals surface area contributed by atoms with E-state index in [1.165, 1.54) is 64.6 Å². The molecule has 17 heavy (non-hydrogen) atoms. The van der Waals surface area contributed by atoms with Crippen LogP contribution in [0.2, 0.25) is 0 Å². The monoisotopic (exact) mass is 236 g/mol. The Hall–Kier alpha value is -0.0800. The summed E-state index contributed by atoms with van der Waals surface area (Å²) in [5.74, 6) is 1.95. The van der Waals surface area contributed by atoms with Gasteiger partial charge in [-0.15, -0.1) is 0 Å². The van der Waals surface area contributed by atoms with Gasteiger partial charge < -0.3 is 5.32 Å². The average molecular weight is 236 g/mol. The molecule has 3 aliphatic rings. The topological polar surface area (TPSA) is 15.3 Å². The van der Waals surface area contributed by atoms with Gasteiger partial charge in [0.25, 0.3) is 0 Å². The van der Waals surface area contributed by atoms with E-state index in [1.807, 2.05) is 0 Å². The van der Waals surface area contributed by atoms with Gasteiger partial charge in [0.2, 0.25) is 0 Å². The lowest BCUT2D eigenvalue weighted by atomic mass is 9.92. The summed E-state index contributed by atoms with van der Waals surface area (Å²) in [6, 6.07) is 1.80. The zero-order valence-corrected chi connectivity index (χ0v) is 11.3. The number of nitrogens with zero attached hydrogens (tertiary/aromatic N) is 1. The van der Waals surface area contributed by atoms with Crippen LogP contribution < -0.4 is 5.32 Å². The third-order valence-corrected chi connectivity index (χ3v) is 5.54. The Balaban J connectivity index is 1.68. The number of rotatable bonds is 3. The van der Waals surface area contributed by atoms with Crippen molar-refractivity contribution in [1.29, 1.82) is 0 Å². The Morgan fingerprint density at radius 1 is 1.00 bits per heavy atom. The molecule has 0 aromatic carbocycles. The average Bonchev–Trinajstić information content (AvgIpc) is 3.09. The smallest absolute Gasteiger partial charge is 0.0263 e. The Bertz CT molecular complexity index is 247. The maximum absolute atomic E-state index is 3.62. The molecular formula is C15H28N2. The van der Waals surface area contributed by atoms with Crippen LogP contribution in [0.25, 0.3) is 0 Å². The van der Waals surface area contributed by atoms with Crippen LogP contribution in [0.3, 0.4) is 0 Å². The molecule has 2 heteroatoms. The highest BCUT2D eigenvalue weighted by molar-refractivity contribution is 4.96. The molecule has 3 fully saturated rings. The van der Waals surface area contributed by atoms with E-state index in [0.717, 1.165) is 23.9 Å². The van der Waals surface area contributed by atoms with E-state index in [1.54, 1.807) is 0 Å². The van der Waals surface area contributed by atoms with Crippen molar-refractivity contribution in [3.63, 3.8) is 0 Å². The van der Waals surface area contributed by atoms with Gasteiger partial charge >= 0.3 is 0 Å². The maximum atomic E-state index is 3.62. The molecule has 3 rings (SSSR count). The minimum Gasteiger partial charge on any atom is -0.315 e. The lowest BCUT2D eigenvalue weighted by molar-refractivity contribution is 0.117. The summed E-state index contributed by atoms with van der Waals surface area (Å²) in [7, 11) is 0. The van der Waals surface area contributed by atoms with E-state index in [4.69, 9.17) is 0 Å². The molecule has 0 aromatic heterocycles. The molecule has 2 saturated heterocycles. The summed E-state index contributed by atoms with van der Waals surface area (Å²) in [6.07, 6.45) is 10.3. The molecule has 1 N–H and O–H groups in total. The van der Waals surface area contributed by atoms with Gasteiger partial charge in [-0.3, -0.25) is 4.90 Å². The molecule has 3 atom stereocenters. The fourth-order valence-corrected chi connectivity index (χ4v) is 4.60. The SMILES string of the molecule is CCC1CNCC1N1CCCC1C1CCCC1. The number of hydrogen-bond donors (Lipinski definition) is 1.